The van der Waals surface area contributed by atoms with Crippen LogP contribution in [0.3, 0.4) is 0 Å². The van der Waals surface area contributed by atoms with Crippen LogP contribution in [-0.2, 0) is 16.0 Å². The Hall–Kier alpha value is -2.22. The zero-order valence-corrected chi connectivity index (χ0v) is 46.7. The Morgan fingerprint density at radius 2 is 1.01 bits per heavy atom. The molecule has 0 bridgehead atoms. The summed E-state index contributed by atoms with van der Waals surface area (Å²) in [4.78, 5) is 52.8. The van der Waals surface area contributed by atoms with E-state index < -0.39 is 5.97 Å². The SMILES string of the molecule is C.C.C.C.C.C.C.C.C.C.C.C.C.C.C.C.CC.CC.CCN(C)C(=O)N(C)C.CCc1nccs1.CN(C)C.CN=C(NC)NC.CN=C(NC)NC.II.[B]N(CCN(C)C(C)=O)CNCC(CCC)CC(=O)O. The first-order valence-electron chi connectivity index (χ1n) is 20.2. The number of rotatable bonds is 13. The molecule has 3 amide bonds. The molecule has 0 aromatic carbocycles. The van der Waals surface area contributed by atoms with E-state index in [1.807, 2.05) is 107 Å². The Bertz CT molecular complexity index is 1050. The van der Waals surface area contributed by atoms with Crippen LogP contribution in [0.1, 0.15) is 198 Å². The maximum atomic E-state index is 11.0. The summed E-state index contributed by atoms with van der Waals surface area (Å²) >= 11 is 5.95. The van der Waals surface area contributed by atoms with Gasteiger partial charge in [0, 0.05) is 159 Å². The van der Waals surface area contributed by atoms with Crippen LogP contribution < -0.4 is 26.6 Å². The van der Waals surface area contributed by atoms with Crippen molar-refractivity contribution in [3.05, 3.63) is 16.6 Å². The third-order valence-electron chi connectivity index (χ3n) is 6.53. The molecule has 0 aliphatic carbocycles. The summed E-state index contributed by atoms with van der Waals surface area (Å²) in [6.45, 7) is 18.6. The molecule has 76 heavy (non-hydrogen) atoms. The highest BCUT2D eigenvalue weighted by atomic mass is 128. The summed E-state index contributed by atoms with van der Waals surface area (Å²) < 4.78 is 0. The van der Waals surface area contributed by atoms with E-state index in [1.54, 1.807) is 73.1 Å². The zero-order valence-electron chi connectivity index (χ0n) is 41.6. The second-order valence-electron chi connectivity index (χ2n) is 12.1. The van der Waals surface area contributed by atoms with E-state index >= 15 is 0 Å². The molecule has 21 heteroatoms. The van der Waals surface area contributed by atoms with Crippen molar-refractivity contribution in [2.75, 3.05) is 124 Å². The van der Waals surface area contributed by atoms with Gasteiger partial charge < -0.3 is 56.1 Å². The van der Waals surface area contributed by atoms with Gasteiger partial charge in [0.1, 0.15) is 0 Å². The molecule has 0 aliphatic rings. The van der Waals surface area contributed by atoms with Crippen molar-refractivity contribution < 1.29 is 19.5 Å². The summed E-state index contributed by atoms with van der Waals surface area (Å²) in [5.41, 5.74) is 0. The van der Waals surface area contributed by atoms with Crippen LogP contribution in [0.25, 0.3) is 0 Å². The van der Waals surface area contributed by atoms with Gasteiger partial charge in [-0.1, -0.05) is 167 Å². The molecule has 0 saturated carbocycles. The van der Waals surface area contributed by atoms with E-state index in [2.05, 4.69) is 85.7 Å². The first-order chi connectivity index (χ1) is 28.3. The fourth-order valence-electron chi connectivity index (χ4n) is 3.46. The number of carboxylic acid groups (broad SMARTS) is 1. The highest BCUT2D eigenvalue weighted by molar-refractivity contribution is 15.0. The Balaban J connectivity index is -0.0000000193. The van der Waals surface area contributed by atoms with Crippen molar-refractivity contribution in [2.45, 2.75) is 200 Å². The normalized spacial score (nSPS) is 7.22. The number of aliphatic carboxylic acids is 1. The lowest BCUT2D eigenvalue weighted by molar-refractivity contribution is -0.138. The predicted molar refractivity (Wildman–Crippen MR) is 389 cm³/mol. The number of nitrogens with zero attached hydrogens (tertiary/aromatic N) is 8. The van der Waals surface area contributed by atoms with Gasteiger partial charge >= 0.3 is 12.0 Å². The summed E-state index contributed by atoms with van der Waals surface area (Å²) in [5.74, 6) is 0.986. The molecular formula is C55H154BI2N13O4S. The minimum absolute atomic E-state index is 0. The average molecular weight is 1360 g/mol. The van der Waals surface area contributed by atoms with E-state index in [-0.39, 0.29) is 143 Å². The standard InChI is InChI=1S/C13H26BN3O3.C6H14N2O.C5H7NS.2C4H11N3.C3H9N.2C2H6.16CH4.I2/c1-4-5-12(8-13(19)20)9-15-10-17(14)7-6-16(3)11(2)18;1-5-8(4)6(9)7(2)3;1-2-5-6-3-4-7-5;2*1-5-4(6-2)7-3;1-4(2)3;2*1-2;;;;;;;;;;;;;;;;;1-2/h12,15H,4-10H2,1-3H3,(H,19,20);5H2,1-4H3;3-4H,2H2,1H3;2*1-3H3,(H2,5,6,7);1-3H3;2*1-2H3;16*1H4;. The minimum Gasteiger partial charge on any atom is -0.481 e. The zero-order chi connectivity index (χ0) is 49.1. The van der Waals surface area contributed by atoms with Crippen LogP contribution in [-0.4, -0.2) is 197 Å². The van der Waals surface area contributed by atoms with Gasteiger partial charge in [-0.2, -0.15) is 0 Å². The highest BCUT2D eigenvalue weighted by Gasteiger charge is 2.12. The van der Waals surface area contributed by atoms with Crippen molar-refractivity contribution in [1.82, 2.24) is 56.0 Å². The summed E-state index contributed by atoms with van der Waals surface area (Å²) in [6, 6.07) is 0.0532. The van der Waals surface area contributed by atoms with Crippen LogP contribution in [0, 0.1) is 5.92 Å². The quantitative estimate of drug-likeness (QED) is 0.0362. The van der Waals surface area contributed by atoms with Crippen LogP contribution in [0.15, 0.2) is 21.6 Å². The van der Waals surface area contributed by atoms with Gasteiger partial charge in [0.05, 0.1) is 5.01 Å². The van der Waals surface area contributed by atoms with Crippen LogP contribution in [0.4, 0.5) is 4.79 Å². The molecule has 2 radical (unpaired) electrons. The third kappa shape index (κ3) is 139. The van der Waals surface area contributed by atoms with Crippen LogP contribution >= 0.6 is 48.6 Å². The Kier molecular flexibility index (Phi) is 269. The first kappa shape index (κ1) is 158. The summed E-state index contributed by atoms with van der Waals surface area (Å²) in [7, 11) is 29.5. The number of carboxylic acids is 1. The number of hydrogen-bond donors (Lipinski definition) is 6. The summed E-state index contributed by atoms with van der Waals surface area (Å²) in [5, 5.41) is 26.6. The average Bonchev–Trinajstić information content (AvgIpc) is 3.78. The number of hydrogen-bond acceptors (Lipinski definition) is 10. The first-order valence-corrected chi connectivity index (χ1v) is 27.3. The van der Waals surface area contributed by atoms with Crippen molar-refractivity contribution >= 4 is 86.4 Å². The number of guanidine groups is 2. The van der Waals surface area contributed by atoms with Gasteiger partial charge in [-0.3, -0.25) is 19.6 Å². The maximum Gasteiger partial charge on any atom is 0.319 e. The number of carbonyl (C=O) groups excluding carboxylic acids is 2. The number of likely N-dealkylation sites (N-methyl/N-ethyl adjacent to an activating group) is 1. The molecule has 486 valence electrons. The number of aromatic nitrogens is 1. The molecule has 1 aromatic heterocycles. The Morgan fingerprint density at radius 3 is 1.18 bits per heavy atom. The molecule has 6 N–H and O–H groups in total. The predicted octanol–water partition coefficient (Wildman–Crippen LogP) is 15.6. The van der Waals surface area contributed by atoms with Gasteiger partial charge in [-0.25, -0.2) is 9.78 Å². The molecule has 0 fully saturated rings. The van der Waals surface area contributed by atoms with E-state index in [1.165, 1.54) is 11.9 Å². The van der Waals surface area contributed by atoms with Gasteiger partial charge in [-0.05, 0) is 53.4 Å². The second-order valence-corrected chi connectivity index (χ2v) is 13.1. The molecule has 0 aliphatic heterocycles. The van der Waals surface area contributed by atoms with Crippen LogP contribution in [0.5, 0.6) is 0 Å². The summed E-state index contributed by atoms with van der Waals surface area (Å²) in [6.07, 6.45) is 4.94. The lowest BCUT2D eigenvalue weighted by Crippen LogP contribution is -2.40. The largest absolute Gasteiger partial charge is 0.481 e. The molecule has 1 rings (SSSR count). The van der Waals surface area contributed by atoms with Crippen molar-refractivity contribution in [2.24, 2.45) is 15.9 Å². The Labute approximate surface area is 515 Å². The van der Waals surface area contributed by atoms with Crippen molar-refractivity contribution in [3.8, 4) is 0 Å². The van der Waals surface area contributed by atoms with Gasteiger partial charge in [0.15, 0.2) is 19.9 Å². The lowest BCUT2D eigenvalue weighted by atomic mass is 10.00. The van der Waals surface area contributed by atoms with E-state index in [9.17, 15) is 14.4 Å². The molecule has 17 nitrogen and oxygen atoms in total. The number of aryl methyl sites for hydroxylation is 1. The van der Waals surface area contributed by atoms with Crippen molar-refractivity contribution in [1.29, 1.82) is 0 Å². The number of urea groups is 1. The number of nitrogens with one attached hydrogen (secondary N) is 5. The molecule has 0 saturated heterocycles. The molecule has 1 heterocycles. The number of aliphatic imine (C=N–C) groups is 2. The topological polar surface area (TPSA) is 185 Å². The van der Waals surface area contributed by atoms with Gasteiger partial charge in [0.2, 0.25) is 5.91 Å². The van der Waals surface area contributed by atoms with Crippen LogP contribution in [0.2, 0.25) is 0 Å². The lowest BCUT2D eigenvalue weighted by Gasteiger charge is -2.23. The fraction of sp³-hybridized carbons (Fsp3) is 0.855. The number of thiazole rings is 1. The Morgan fingerprint density at radius 1 is 0.671 bits per heavy atom. The maximum absolute atomic E-state index is 11.0. The smallest absolute Gasteiger partial charge is 0.319 e. The van der Waals surface area contributed by atoms with Gasteiger partial charge in [-0.15, -0.1) is 11.3 Å². The number of amides is 3. The minimum atomic E-state index is -0.766. The van der Waals surface area contributed by atoms with E-state index in [0.29, 0.717) is 26.3 Å². The highest BCUT2D eigenvalue weighted by Crippen LogP contribution is 2.10. The van der Waals surface area contributed by atoms with Gasteiger partial charge in [0.25, 0.3) is 0 Å². The molecule has 1 atom stereocenters. The van der Waals surface area contributed by atoms with E-state index in [0.717, 1.165) is 37.7 Å². The van der Waals surface area contributed by atoms with Crippen molar-refractivity contribution in [3.63, 3.8) is 0 Å². The monoisotopic (exact) mass is 1360 g/mol. The molecule has 0 spiro atoms. The molecule has 1 aromatic rings. The molecule has 1 unspecified atom stereocenters. The number of halogens is 2. The number of carbonyl (C=O) groups is 3. The third-order valence-corrected chi connectivity index (χ3v) is 7.46. The second kappa shape index (κ2) is 130. The molecular weight excluding hydrogens is 1200 g/mol. The fourth-order valence-corrected chi connectivity index (χ4v) is 4.03. The van der Waals surface area contributed by atoms with E-state index in [4.69, 9.17) is 13.1 Å².